The molecule has 2 aromatic rings. The molecule has 0 aromatic carbocycles. The van der Waals surface area contributed by atoms with Crippen LogP contribution in [0.5, 0.6) is 0 Å². The summed E-state index contributed by atoms with van der Waals surface area (Å²) in [6.45, 7) is 1.86. The first-order valence-electron chi connectivity index (χ1n) is 3.75. The molecule has 0 radical (unpaired) electrons. The topological polar surface area (TPSA) is 41.1 Å². The van der Waals surface area contributed by atoms with Gasteiger partial charge in [0.25, 0.3) is 0 Å². The average molecular weight is 164 g/mol. The van der Waals surface area contributed by atoms with E-state index in [1.54, 1.807) is 4.57 Å². The van der Waals surface area contributed by atoms with Crippen molar-refractivity contribution < 1.29 is 4.57 Å². The van der Waals surface area contributed by atoms with Crippen molar-refractivity contribution in [1.82, 2.24) is 9.38 Å². The lowest BCUT2D eigenvalue weighted by Gasteiger charge is -1.89. The molecule has 0 unspecified atom stereocenters. The largest absolute Gasteiger partial charge is 0.352 e. The minimum Gasteiger partial charge on any atom is -0.316 e. The van der Waals surface area contributed by atoms with Crippen LogP contribution in [-0.2, 0) is 7.05 Å². The molecule has 0 aliphatic rings. The number of aryl methyl sites for hydroxylation is 2. The van der Waals surface area contributed by atoms with Crippen LogP contribution in [0.15, 0.2) is 23.4 Å². The number of nitrogens with one attached hydrogen (secondary N) is 1. The summed E-state index contributed by atoms with van der Waals surface area (Å²) in [5, 5.41) is 0. The summed E-state index contributed by atoms with van der Waals surface area (Å²) in [6.07, 6.45) is 5.60. The first-order chi connectivity index (χ1) is 5.68. The second-order valence-electron chi connectivity index (χ2n) is 2.91. The summed E-state index contributed by atoms with van der Waals surface area (Å²) in [6, 6.07) is 0. The van der Waals surface area contributed by atoms with E-state index in [1.165, 1.54) is 0 Å². The third-order valence-corrected chi connectivity index (χ3v) is 1.88. The highest BCUT2D eigenvalue weighted by Gasteiger charge is 2.10. The standard InChI is InChI=1S/C8H9N3O/c1-6-5-11-4-3-10(2)8(11)7(12)9-6/h3-5H,1-2H3/p+1. The van der Waals surface area contributed by atoms with Crippen molar-refractivity contribution in [3.63, 3.8) is 0 Å². The maximum absolute atomic E-state index is 11.4. The van der Waals surface area contributed by atoms with Crippen LogP contribution in [0, 0.1) is 6.92 Å². The second-order valence-corrected chi connectivity index (χ2v) is 2.91. The first kappa shape index (κ1) is 7.09. The molecule has 2 aromatic heterocycles. The third kappa shape index (κ3) is 0.845. The zero-order valence-electron chi connectivity index (χ0n) is 7.03. The van der Waals surface area contributed by atoms with E-state index in [0.717, 1.165) is 5.69 Å². The van der Waals surface area contributed by atoms with Gasteiger partial charge in [0.2, 0.25) is 0 Å². The van der Waals surface area contributed by atoms with Crippen molar-refractivity contribution in [2.75, 3.05) is 0 Å². The lowest BCUT2D eigenvalue weighted by Crippen LogP contribution is -2.32. The van der Waals surface area contributed by atoms with Crippen LogP contribution in [0.25, 0.3) is 5.65 Å². The van der Waals surface area contributed by atoms with Crippen LogP contribution in [0.3, 0.4) is 0 Å². The highest BCUT2D eigenvalue weighted by molar-refractivity contribution is 5.28. The molecule has 2 rings (SSSR count). The molecule has 0 aliphatic carbocycles. The van der Waals surface area contributed by atoms with Gasteiger partial charge in [-0.15, -0.1) is 0 Å². The Hall–Kier alpha value is -1.58. The van der Waals surface area contributed by atoms with Gasteiger partial charge in [-0.3, -0.25) is 4.79 Å². The van der Waals surface area contributed by atoms with Crippen LogP contribution < -0.4 is 10.1 Å². The Balaban J connectivity index is 3.03. The predicted molar refractivity (Wildman–Crippen MR) is 43.9 cm³/mol. The van der Waals surface area contributed by atoms with E-state index in [2.05, 4.69) is 4.98 Å². The molecule has 0 saturated carbocycles. The second kappa shape index (κ2) is 2.20. The molecule has 0 aliphatic heterocycles. The average Bonchev–Trinajstić information content (AvgIpc) is 2.31. The van der Waals surface area contributed by atoms with Gasteiger partial charge in [0.05, 0.1) is 12.7 Å². The highest BCUT2D eigenvalue weighted by Crippen LogP contribution is 1.91. The smallest absolute Gasteiger partial charge is 0.316 e. The molecule has 0 fully saturated rings. The molecule has 0 amide bonds. The summed E-state index contributed by atoms with van der Waals surface area (Å²) < 4.78 is 3.60. The van der Waals surface area contributed by atoms with Gasteiger partial charge in [0, 0.05) is 0 Å². The monoisotopic (exact) mass is 164 g/mol. The summed E-state index contributed by atoms with van der Waals surface area (Å²) in [4.78, 5) is 14.1. The molecule has 1 N–H and O–H groups in total. The van der Waals surface area contributed by atoms with Gasteiger partial charge < -0.3 is 4.98 Å². The molecular formula is C8H10N3O+. The van der Waals surface area contributed by atoms with Crippen molar-refractivity contribution in [3.8, 4) is 0 Å². The number of fused-ring (bicyclic) bond motifs is 1. The minimum absolute atomic E-state index is 0.0532. The number of imidazole rings is 1. The van der Waals surface area contributed by atoms with Crippen molar-refractivity contribution >= 4 is 5.65 Å². The first-order valence-corrected chi connectivity index (χ1v) is 3.75. The van der Waals surface area contributed by atoms with E-state index in [9.17, 15) is 4.79 Å². The summed E-state index contributed by atoms with van der Waals surface area (Å²) >= 11 is 0. The normalized spacial score (nSPS) is 10.8. The molecule has 0 spiro atoms. The van der Waals surface area contributed by atoms with Gasteiger partial charge in [-0.2, -0.15) is 4.40 Å². The van der Waals surface area contributed by atoms with Gasteiger partial charge in [-0.05, 0) is 6.92 Å². The lowest BCUT2D eigenvalue weighted by molar-refractivity contribution is -0.645. The molecule has 0 atom stereocenters. The van der Waals surface area contributed by atoms with Crippen LogP contribution >= 0.6 is 0 Å². The van der Waals surface area contributed by atoms with Gasteiger partial charge in [-0.25, -0.2) is 4.57 Å². The quantitative estimate of drug-likeness (QED) is 0.536. The Morgan fingerprint density at radius 3 is 3.08 bits per heavy atom. The molecule has 4 nitrogen and oxygen atoms in total. The van der Waals surface area contributed by atoms with E-state index in [0.29, 0.717) is 5.65 Å². The maximum atomic E-state index is 11.4. The van der Waals surface area contributed by atoms with Crippen LogP contribution in [-0.4, -0.2) is 9.38 Å². The Morgan fingerprint density at radius 1 is 1.58 bits per heavy atom. The molecule has 0 bridgehead atoms. The number of hydrogen-bond acceptors (Lipinski definition) is 1. The number of hydrogen-bond donors (Lipinski definition) is 1. The molecule has 0 saturated heterocycles. The molecule has 12 heavy (non-hydrogen) atoms. The van der Waals surface area contributed by atoms with Crippen molar-refractivity contribution in [2.45, 2.75) is 6.92 Å². The van der Waals surface area contributed by atoms with Crippen LogP contribution in [0.2, 0.25) is 0 Å². The molecule has 62 valence electrons. The number of rotatable bonds is 0. The van der Waals surface area contributed by atoms with E-state index in [1.807, 2.05) is 37.0 Å². The lowest BCUT2D eigenvalue weighted by atomic mass is 10.5. The maximum Gasteiger partial charge on any atom is 0.352 e. The van der Waals surface area contributed by atoms with Gasteiger partial charge in [0.15, 0.2) is 0 Å². The number of aromatic nitrogens is 3. The van der Waals surface area contributed by atoms with Crippen molar-refractivity contribution in [2.24, 2.45) is 7.05 Å². The summed E-state index contributed by atoms with van der Waals surface area (Å²) in [7, 11) is 1.85. The van der Waals surface area contributed by atoms with Crippen molar-refractivity contribution in [1.29, 1.82) is 0 Å². The fourth-order valence-electron chi connectivity index (χ4n) is 1.35. The Morgan fingerprint density at radius 2 is 2.33 bits per heavy atom. The molecule has 4 heteroatoms. The number of aromatic amines is 1. The fraction of sp³-hybridized carbons (Fsp3) is 0.250. The zero-order valence-corrected chi connectivity index (χ0v) is 7.03. The third-order valence-electron chi connectivity index (χ3n) is 1.88. The van der Waals surface area contributed by atoms with E-state index in [-0.39, 0.29) is 5.56 Å². The Labute approximate surface area is 69.1 Å². The van der Waals surface area contributed by atoms with Gasteiger partial charge >= 0.3 is 11.2 Å². The molecular weight excluding hydrogens is 154 g/mol. The van der Waals surface area contributed by atoms with Crippen molar-refractivity contribution in [3.05, 3.63) is 34.6 Å². The highest BCUT2D eigenvalue weighted by atomic mass is 16.1. The Bertz CT molecular complexity index is 480. The van der Waals surface area contributed by atoms with E-state index < -0.39 is 0 Å². The number of nitrogens with zero attached hydrogens (tertiary/aromatic N) is 2. The predicted octanol–water partition coefficient (Wildman–Crippen LogP) is -0.239. The fourth-order valence-corrected chi connectivity index (χ4v) is 1.35. The minimum atomic E-state index is -0.0532. The summed E-state index contributed by atoms with van der Waals surface area (Å²) in [5.41, 5.74) is 1.46. The van der Waals surface area contributed by atoms with E-state index in [4.69, 9.17) is 0 Å². The van der Waals surface area contributed by atoms with Gasteiger partial charge in [-0.1, -0.05) is 0 Å². The SMILES string of the molecule is Cc1cn2cc[n+](C)c2c(=O)[nH]1. The Kier molecular flexibility index (Phi) is 1.30. The summed E-state index contributed by atoms with van der Waals surface area (Å²) in [5.74, 6) is 0. The van der Waals surface area contributed by atoms with Crippen LogP contribution in [0.1, 0.15) is 5.69 Å². The van der Waals surface area contributed by atoms with Gasteiger partial charge in [0.1, 0.15) is 18.6 Å². The van der Waals surface area contributed by atoms with E-state index >= 15 is 0 Å². The zero-order chi connectivity index (χ0) is 8.72. The molecule has 2 heterocycles. The number of H-pyrrole nitrogens is 1. The van der Waals surface area contributed by atoms with Crippen LogP contribution in [0.4, 0.5) is 0 Å².